The summed E-state index contributed by atoms with van der Waals surface area (Å²) in [5.41, 5.74) is 0. The molecular weight excluding hydrogens is 167 g/mol. The Morgan fingerprint density at radius 1 is 1.10 bits per heavy atom. The number of thiol groups is 1. The Morgan fingerprint density at radius 2 is 1.40 bits per heavy atom. The second-order valence-corrected chi connectivity index (χ2v) is 9.13. The van der Waals surface area contributed by atoms with Crippen LogP contribution >= 0.6 is 18.5 Å². The van der Waals surface area contributed by atoms with Crippen molar-refractivity contribution in [3.63, 3.8) is 0 Å². The van der Waals surface area contributed by atoms with Gasteiger partial charge in [0.05, 0.1) is 0 Å². The van der Waals surface area contributed by atoms with Crippen LogP contribution in [0.15, 0.2) is 0 Å². The summed E-state index contributed by atoms with van der Waals surface area (Å²) >= 11 is 3.95. The molecule has 0 aliphatic carbocycles. The van der Waals surface area contributed by atoms with Crippen molar-refractivity contribution in [3.05, 3.63) is 0 Å². The molecule has 2 nitrogen and oxygen atoms in total. The van der Waals surface area contributed by atoms with E-state index in [4.69, 9.17) is 0 Å². The molecule has 0 amide bonds. The van der Waals surface area contributed by atoms with E-state index in [0.717, 1.165) is 12.8 Å². The molecule has 10 heavy (non-hydrogen) atoms. The summed E-state index contributed by atoms with van der Waals surface area (Å²) in [4.78, 5) is 19.1. The second-order valence-electron chi connectivity index (χ2n) is 2.79. The van der Waals surface area contributed by atoms with Crippen LogP contribution in [0.25, 0.3) is 0 Å². The number of rotatable bonds is 4. The van der Waals surface area contributed by atoms with E-state index in [9.17, 15) is 9.79 Å². The van der Waals surface area contributed by atoms with E-state index in [1.54, 1.807) is 0 Å². The van der Waals surface area contributed by atoms with Gasteiger partial charge in [-0.1, -0.05) is 0 Å². The van der Waals surface area contributed by atoms with Gasteiger partial charge in [0, 0.05) is 0 Å². The Kier molecular flexibility index (Phi) is 3.64. The summed E-state index contributed by atoms with van der Waals surface area (Å²) in [6.07, 6.45) is -0.999. The SMILES string of the molecule is CCCP(O)(O)(S)CCC. The first-order valence-corrected chi connectivity index (χ1v) is 7.31. The van der Waals surface area contributed by atoms with Gasteiger partial charge >= 0.3 is 67.3 Å². The van der Waals surface area contributed by atoms with E-state index >= 15 is 0 Å². The van der Waals surface area contributed by atoms with Crippen LogP contribution in [0.3, 0.4) is 0 Å². The van der Waals surface area contributed by atoms with Crippen LogP contribution in [0.5, 0.6) is 0 Å². The van der Waals surface area contributed by atoms with Gasteiger partial charge in [-0.05, 0) is 0 Å². The first-order chi connectivity index (χ1) is 4.39. The Balaban J connectivity index is 3.97. The summed E-state index contributed by atoms with van der Waals surface area (Å²) in [5, 5.41) is 0. The van der Waals surface area contributed by atoms with Gasteiger partial charge in [-0.15, -0.1) is 0 Å². The van der Waals surface area contributed by atoms with Crippen LogP contribution in [-0.4, -0.2) is 22.1 Å². The van der Waals surface area contributed by atoms with Crippen molar-refractivity contribution in [1.82, 2.24) is 0 Å². The van der Waals surface area contributed by atoms with E-state index in [0.29, 0.717) is 12.3 Å². The molecule has 0 aromatic heterocycles. The summed E-state index contributed by atoms with van der Waals surface area (Å²) in [6, 6.07) is 0. The zero-order valence-corrected chi connectivity index (χ0v) is 8.41. The molecule has 0 aliphatic heterocycles. The van der Waals surface area contributed by atoms with Gasteiger partial charge in [-0.3, -0.25) is 0 Å². The first-order valence-electron chi connectivity index (χ1n) is 3.65. The molecule has 0 heterocycles. The minimum absolute atomic E-state index is 0.447. The first kappa shape index (κ1) is 10.7. The Morgan fingerprint density at radius 3 is 1.60 bits per heavy atom. The number of hydrogen-bond acceptors (Lipinski definition) is 3. The van der Waals surface area contributed by atoms with Crippen LogP contribution in [0.1, 0.15) is 26.7 Å². The average molecular weight is 184 g/mol. The van der Waals surface area contributed by atoms with Gasteiger partial charge in [0.1, 0.15) is 0 Å². The molecular formula is C6H17O2PS. The maximum absolute atomic E-state index is 9.53. The van der Waals surface area contributed by atoms with Gasteiger partial charge < -0.3 is 0 Å². The monoisotopic (exact) mass is 184 g/mol. The fourth-order valence-corrected chi connectivity index (χ4v) is 4.28. The Labute approximate surface area is 67.9 Å². The van der Waals surface area contributed by atoms with Crippen molar-refractivity contribution in [2.24, 2.45) is 0 Å². The van der Waals surface area contributed by atoms with Crippen molar-refractivity contribution in [2.75, 3.05) is 12.3 Å². The zero-order chi connectivity index (χ0) is 8.28. The third-order valence-corrected chi connectivity index (χ3v) is 5.29. The second kappa shape index (κ2) is 3.40. The van der Waals surface area contributed by atoms with Crippen molar-refractivity contribution in [3.8, 4) is 0 Å². The van der Waals surface area contributed by atoms with Gasteiger partial charge in [-0.2, -0.15) is 0 Å². The summed E-state index contributed by atoms with van der Waals surface area (Å²) in [6.45, 7) is 3.86. The average Bonchev–Trinajstić information content (AvgIpc) is 1.61. The quantitative estimate of drug-likeness (QED) is 0.462. The molecule has 0 rings (SSSR count). The van der Waals surface area contributed by atoms with Crippen LogP contribution in [0, 0.1) is 0 Å². The van der Waals surface area contributed by atoms with Crippen molar-refractivity contribution < 1.29 is 9.79 Å². The summed E-state index contributed by atoms with van der Waals surface area (Å²) in [7, 11) is 0. The molecule has 0 saturated heterocycles. The summed E-state index contributed by atoms with van der Waals surface area (Å²) < 4.78 is 0. The van der Waals surface area contributed by atoms with Crippen molar-refractivity contribution >= 4 is 18.5 Å². The molecule has 0 unspecified atom stereocenters. The van der Waals surface area contributed by atoms with Gasteiger partial charge in [0.2, 0.25) is 0 Å². The maximum atomic E-state index is 9.53. The molecule has 0 atom stereocenters. The van der Waals surface area contributed by atoms with Gasteiger partial charge in [-0.25, -0.2) is 0 Å². The minimum atomic E-state index is -3.47. The molecule has 0 radical (unpaired) electrons. The predicted molar refractivity (Wildman–Crippen MR) is 50.7 cm³/mol. The summed E-state index contributed by atoms with van der Waals surface area (Å²) in [5.74, 6) is 0. The van der Waals surface area contributed by atoms with E-state index in [1.165, 1.54) is 0 Å². The molecule has 0 aromatic rings. The molecule has 4 heteroatoms. The van der Waals surface area contributed by atoms with Crippen LogP contribution in [-0.2, 0) is 0 Å². The molecule has 0 saturated carbocycles. The van der Waals surface area contributed by atoms with E-state index in [1.807, 2.05) is 13.8 Å². The van der Waals surface area contributed by atoms with Crippen LogP contribution in [0.4, 0.5) is 0 Å². The van der Waals surface area contributed by atoms with Crippen molar-refractivity contribution in [2.45, 2.75) is 26.7 Å². The predicted octanol–water partition coefficient (Wildman–Crippen LogP) is 2.02. The molecule has 0 spiro atoms. The Bertz CT molecular complexity index is 98.1. The molecule has 0 bridgehead atoms. The van der Waals surface area contributed by atoms with Crippen LogP contribution < -0.4 is 0 Å². The standard InChI is InChI=1S/C6H17O2PS/c1-3-5-9(7,8,10)6-4-2/h7-8,10H,3-6H2,1-2H3. The third-order valence-electron chi connectivity index (χ3n) is 1.36. The fraction of sp³-hybridized carbons (Fsp3) is 1.00. The molecule has 0 aliphatic rings. The van der Waals surface area contributed by atoms with Gasteiger partial charge in [0.15, 0.2) is 0 Å². The van der Waals surface area contributed by atoms with E-state index < -0.39 is 6.26 Å². The normalized spacial score (nSPS) is 16.3. The molecule has 0 fully saturated rings. The van der Waals surface area contributed by atoms with E-state index in [2.05, 4.69) is 12.2 Å². The van der Waals surface area contributed by atoms with Gasteiger partial charge in [0.25, 0.3) is 0 Å². The molecule has 64 valence electrons. The van der Waals surface area contributed by atoms with E-state index in [-0.39, 0.29) is 0 Å². The third kappa shape index (κ3) is 4.51. The topological polar surface area (TPSA) is 40.5 Å². The molecule has 0 aromatic carbocycles. The van der Waals surface area contributed by atoms with Crippen molar-refractivity contribution in [1.29, 1.82) is 0 Å². The number of hydrogen-bond donors (Lipinski definition) is 3. The van der Waals surface area contributed by atoms with Crippen LogP contribution in [0.2, 0.25) is 0 Å². The fourth-order valence-electron chi connectivity index (χ4n) is 1.03. The Hall–Kier alpha value is 0.700. The molecule has 2 N–H and O–H groups in total. The zero-order valence-electron chi connectivity index (χ0n) is 6.62.